The Kier molecular flexibility index (Phi) is 5.92. The van der Waals surface area contributed by atoms with Gasteiger partial charge >= 0.3 is 12.0 Å². The van der Waals surface area contributed by atoms with E-state index in [4.69, 9.17) is 0 Å². The van der Waals surface area contributed by atoms with Crippen LogP contribution in [0.15, 0.2) is 46.9 Å². The normalized spacial score (nSPS) is 11.6. The fraction of sp³-hybridized carbons (Fsp3) is 0.176. The number of hydrogen-bond donors (Lipinski definition) is 3. The first-order valence-corrected chi connectivity index (χ1v) is 7.96. The first kappa shape index (κ1) is 17.9. The molecule has 0 spiro atoms. The van der Waals surface area contributed by atoms with Crippen LogP contribution in [-0.2, 0) is 11.2 Å². The molecule has 2 aromatic rings. The van der Waals surface area contributed by atoms with Gasteiger partial charge in [0.15, 0.2) is 0 Å². The molecule has 2 amide bonds. The zero-order valence-corrected chi connectivity index (χ0v) is 14.4. The van der Waals surface area contributed by atoms with Gasteiger partial charge in [0.05, 0.1) is 5.69 Å². The van der Waals surface area contributed by atoms with Crippen LogP contribution in [0.1, 0.15) is 11.1 Å². The maximum absolute atomic E-state index is 13.9. The highest BCUT2D eigenvalue weighted by atomic mass is 79.9. The average Bonchev–Trinajstić information content (AvgIpc) is 2.51. The van der Waals surface area contributed by atoms with Crippen LogP contribution in [0.4, 0.5) is 14.9 Å². The molecular formula is C17H16BrFN2O3. The number of hydrogen-bond acceptors (Lipinski definition) is 2. The summed E-state index contributed by atoms with van der Waals surface area (Å²) in [6.45, 7) is 1.64. The van der Waals surface area contributed by atoms with Gasteiger partial charge in [-0.25, -0.2) is 14.0 Å². The summed E-state index contributed by atoms with van der Waals surface area (Å²) >= 11 is 3.16. The van der Waals surface area contributed by atoms with Crippen LogP contribution in [-0.4, -0.2) is 23.1 Å². The SMILES string of the molecule is Cc1cc(Br)cc(F)c1NC(=O)N[C@@H](Cc1ccccc1)C(=O)O. The minimum atomic E-state index is -1.16. The Morgan fingerprint density at radius 3 is 2.50 bits per heavy atom. The number of carbonyl (C=O) groups is 2. The quantitative estimate of drug-likeness (QED) is 0.722. The maximum Gasteiger partial charge on any atom is 0.326 e. The molecule has 0 unspecified atom stereocenters. The number of nitrogens with one attached hydrogen (secondary N) is 2. The first-order chi connectivity index (χ1) is 11.4. The highest BCUT2D eigenvalue weighted by Gasteiger charge is 2.21. The summed E-state index contributed by atoms with van der Waals surface area (Å²) < 4.78 is 14.5. The molecule has 2 aromatic carbocycles. The van der Waals surface area contributed by atoms with Crippen molar-refractivity contribution in [3.05, 3.63) is 63.9 Å². The van der Waals surface area contributed by atoms with E-state index >= 15 is 0 Å². The van der Waals surface area contributed by atoms with Crippen molar-refractivity contribution >= 4 is 33.6 Å². The van der Waals surface area contributed by atoms with Gasteiger partial charge in [0, 0.05) is 10.9 Å². The van der Waals surface area contributed by atoms with Gasteiger partial charge in [-0.3, -0.25) is 0 Å². The molecule has 126 valence electrons. The van der Waals surface area contributed by atoms with Gasteiger partial charge in [-0.1, -0.05) is 46.3 Å². The number of carbonyl (C=O) groups excluding carboxylic acids is 1. The van der Waals surface area contributed by atoms with E-state index in [-0.39, 0.29) is 12.1 Å². The summed E-state index contributed by atoms with van der Waals surface area (Å²) in [6, 6.07) is 9.91. The van der Waals surface area contributed by atoms with Crippen molar-refractivity contribution in [3.63, 3.8) is 0 Å². The summed E-state index contributed by atoms with van der Waals surface area (Å²) in [4.78, 5) is 23.4. The number of anilines is 1. The average molecular weight is 395 g/mol. The van der Waals surface area contributed by atoms with Crippen molar-refractivity contribution in [1.29, 1.82) is 0 Å². The van der Waals surface area contributed by atoms with Gasteiger partial charge in [0.1, 0.15) is 11.9 Å². The Bertz CT molecular complexity index is 730. The molecule has 3 N–H and O–H groups in total. The van der Waals surface area contributed by atoms with Crippen LogP contribution in [0.2, 0.25) is 0 Å². The van der Waals surface area contributed by atoms with E-state index in [2.05, 4.69) is 26.6 Å². The molecule has 0 heterocycles. The first-order valence-electron chi connectivity index (χ1n) is 7.16. The van der Waals surface area contributed by atoms with Crippen LogP contribution in [0.25, 0.3) is 0 Å². The van der Waals surface area contributed by atoms with Crippen LogP contribution in [0.3, 0.4) is 0 Å². The molecule has 0 saturated carbocycles. The van der Waals surface area contributed by atoms with Crippen molar-refractivity contribution in [2.24, 2.45) is 0 Å². The Hall–Kier alpha value is -2.41. The van der Waals surface area contributed by atoms with Gasteiger partial charge < -0.3 is 15.7 Å². The summed E-state index contributed by atoms with van der Waals surface area (Å²) in [6.07, 6.45) is 0.130. The van der Waals surface area contributed by atoms with Crippen molar-refractivity contribution in [2.45, 2.75) is 19.4 Å². The summed E-state index contributed by atoms with van der Waals surface area (Å²) in [5.74, 6) is -1.77. The predicted octanol–water partition coefficient (Wildman–Crippen LogP) is 3.71. The smallest absolute Gasteiger partial charge is 0.326 e. The minimum Gasteiger partial charge on any atom is -0.480 e. The Morgan fingerprint density at radius 2 is 1.92 bits per heavy atom. The second-order valence-electron chi connectivity index (χ2n) is 5.26. The molecule has 0 saturated heterocycles. The third-order valence-corrected chi connectivity index (χ3v) is 3.83. The second kappa shape index (κ2) is 7.92. The fourth-order valence-corrected chi connectivity index (χ4v) is 2.76. The highest BCUT2D eigenvalue weighted by molar-refractivity contribution is 9.10. The number of halogens is 2. The van der Waals surface area contributed by atoms with E-state index in [0.717, 1.165) is 5.56 Å². The van der Waals surface area contributed by atoms with Gasteiger partial charge in [-0.05, 0) is 30.2 Å². The molecule has 24 heavy (non-hydrogen) atoms. The van der Waals surface area contributed by atoms with Crippen molar-refractivity contribution in [2.75, 3.05) is 5.32 Å². The lowest BCUT2D eigenvalue weighted by Gasteiger charge is -2.16. The zero-order chi connectivity index (χ0) is 17.7. The summed E-state index contributed by atoms with van der Waals surface area (Å²) in [5.41, 5.74) is 1.31. The second-order valence-corrected chi connectivity index (χ2v) is 6.17. The number of amides is 2. The number of urea groups is 1. The maximum atomic E-state index is 13.9. The van der Waals surface area contributed by atoms with E-state index in [1.165, 1.54) is 6.07 Å². The molecule has 0 fully saturated rings. The van der Waals surface area contributed by atoms with Crippen LogP contribution in [0.5, 0.6) is 0 Å². The standard InChI is InChI=1S/C17H16BrFN2O3/c1-10-7-12(18)9-13(19)15(10)21-17(24)20-14(16(22)23)8-11-5-3-2-4-6-11/h2-7,9,14H,8H2,1H3,(H,22,23)(H2,20,21,24)/t14-/m0/s1. The predicted molar refractivity (Wildman–Crippen MR) is 92.6 cm³/mol. The molecule has 7 heteroatoms. The van der Waals surface area contributed by atoms with Crippen molar-refractivity contribution in [3.8, 4) is 0 Å². The molecule has 1 atom stereocenters. The van der Waals surface area contributed by atoms with Crippen molar-refractivity contribution < 1.29 is 19.1 Å². The van der Waals surface area contributed by atoms with Gasteiger partial charge in [0.2, 0.25) is 0 Å². The van der Waals surface area contributed by atoms with Gasteiger partial charge in [-0.2, -0.15) is 0 Å². The molecule has 5 nitrogen and oxygen atoms in total. The molecule has 0 aliphatic carbocycles. The van der Waals surface area contributed by atoms with Crippen LogP contribution in [0, 0.1) is 12.7 Å². The van der Waals surface area contributed by atoms with Crippen molar-refractivity contribution in [1.82, 2.24) is 5.32 Å². The topological polar surface area (TPSA) is 78.4 Å². The lowest BCUT2D eigenvalue weighted by molar-refractivity contribution is -0.139. The molecule has 0 bridgehead atoms. The lowest BCUT2D eigenvalue weighted by atomic mass is 10.1. The van der Waals surface area contributed by atoms with Gasteiger partial charge in [0.25, 0.3) is 0 Å². The summed E-state index contributed by atoms with van der Waals surface area (Å²) in [7, 11) is 0. The number of rotatable bonds is 5. The fourth-order valence-electron chi connectivity index (χ4n) is 2.22. The molecule has 0 aliphatic heterocycles. The number of aliphatic carboxylic acids is 1. The molecular weight excluding hydrogens is 379 g/mol. The Morgan fingerprint density at radius 1 is 1.25 bits per heavy atom. The lowest BCUT2D eigenvalue weighted by Crippen LogP contribution is -2.44. The number of aryl methyl sites for hydroxylation is 1. The van der Waals surface area contributed by atoms with E-state index < -0.39 is 23.9 Å². The van der Waals surface area contributed by atoms with E-state index in [0.29, 0.717) is 10.0 Å². The largest absolute Gasteiger partial charge is 0.480 e. The highest BCUT2D eigenvalue weighted by Crippen LogP contribution is 2.24. The van der Waals surface area contributed by atoms with Crippen LogP contribution < -0.4 is 10.6 Å². The zero-order valence-electron chi connectivity index (χ0n) is 12.8. The molecule has 0 radical (unpaired) electrons. The third-order valence-electron chi connectivity index (χ3n) is 3.38. The summed E-state index contributed by atoms with van der Waals surface area (Å²) in [5, 5.41) is 14.0. The monoisotopic (exact) mass is 394 g/mol. The molecule has 2 rings (SSSR count). The third kappa shape index (κ3) is 4.79. The minimum absolute atomic E-state index is 0.0135. The van der Waals surface area contributed by atoms with E-state index in [1.54, 1.807) is 37.3 Å². The van der Waals surface area contributed by atoms with Gasteiger partial charge in [-0.15, -0.1) is 0 Å². The van der Waals surface area contributed by atoms with E-state index in [9.17, 15) is 19.1 Å². The molecule has 0 aromatic heterocycles. The Labute approximate surface area is 147 Å². The number of carboxylic acid groups (broad SMARTS) is 1. The van der Waals surface area contributed by atoms with E-state index in [1.807, 2.05) is 6.07 Å². The molecule has 0 aliphatic rings. The number of benzene rings is 2. The van der Waals surface area contributed by atoms with Crippen LogP contribution >= 0.6 is 15.9 Å². The Balaban J connectivity index is 2.07. The number of carboxylic acids is 1.